The molecule has 0 spiro atoms. The molecule has 1 N–H and O–H groups in total. The van der Waals surface area contributed by atoms with Crippen LogP contribution in [-0.2, 0) is 21.1 Å². The molecule has 1 unspecified atom stereocenters. The van der Waals surface area contributed by atoms with E-state index in [1.807, 2.05) is 26.0 Å². The second-order valence-corrected chi connectivity index (χ2v) is 10.1. The molecule has 0 saturated carbocycles. The number of aromatic nitrogens is 1. The van der Waals surface area contributed by atoms with Gasteiger partial charge in [0.1, 0.15) is 16.8 Å². The molecule has 0 fully saturated rings. The van der Waals surface area contributed by atoms with Crippen molar-refractivity contribution in [2.24, 2.45) is 0 Å². The number of amides is 1. The molecule has 8 heteroatoms. The Kier molecular flexibility index (Phi) is 6.29. The van der Waals surface area contributed by atoms with Crippen LogP contribution in [0.25, 0.3) is 11.0 Å². The largest absolute Gasteiger partial charge is 0.356 e. The van der Waals surface area contributed by atoms with Crippen molar-refractivity contribution < 1.29 is 22.1 Å². The first kappa shape index (κ1) is 22.7. The molecule has 1 amide bonds. The SMILES string of the molecule is Cc1cc(C)c2c(CC(=O)NCC(c3ccccc3)S(=O)(=O)c3ccc(F)cc3)noc2c1. The Labute approximate surface area is 191 Å². The highest BCUT2D eigenvalue weighted by atomic mass is 32.2. The first-order valence-corrected chi connectivity index (χ1v) is 12.0. The number of nitrogens with zero attached hydrogens (tertiary/aromatic N) is 1. The average molecular weight is 467 g/mol. The van der Waals surface area contributed by atoms with Crippen LogP contribution in [0.1, 0.15) is 27.6 Å². The van der Waals surface area contributed by atoms with Crippen LogP contribution in [0.15, 0.2) is 76.1 Å². The normalized spacial score (nSPS) is 12.6. The van der Waals surface area contributed by atoms with E-state index in [1.54, 1.807) is 30.3 Å². The standard InChI is InChI=1S/C25H23FN2O4S/c1-16-12-17(2)25-21(28-32-22(25)13-16)14-24(29)27-15-23(18-6-4-3-5-7-18)33(30,31)20-10-8-19(26)9-11-20/h3-13,23H,14-15H2,1-2H3,(H,27,29). The van der Waals surface area contributed by atoms with Crippen molar-refractivity contribution in [3.8, 4) is 0 Å². The number of benzene rings is 3. The molecule has 0 aliphatic carbocycles. The summed E-state index contributed by atoms with van der Waals surface area (Å²) in [4.78, 5) is 12.7. The summed E-state index contributed by atoms with van der Waals surface area (Å²) in [5.41, 5.74) is 3.62. The van der Waals surface area contributed by atoms with Gasteiger partial charge in [-0.15, -0.1) is 0 Å². The maximum atomic E-state index is 13.3. The van der Waals surface area contributed by atoms with Crippen LogP contribution in [0.5, 0.6) is 0 Å². The van der Waals surface area contributed by atoms with Gasteiger partial charge in [0.05, 0.1) is 11.3 Å². The molecule has 0 radical (unpaired) electrons. The topological polar surface area (TPSA) is 89.3 Å². The molecule has 0 aliphatic heterocycles. The first-order valence-electron chi connectivity index (χ1n) is 10.4. The minimum atomic E-state index is -3.89. The van der Waals surface area contributed by atoms with Gasteiger partial charge in [0.25, 0.3) is 0 Å². The Morgan fingerprint density at radius 3 is 2.45 bits per heavy atom. The molecule has 33 heavy (non-hydrogen) atoms. The molecule has 170 valence electrons. The second kappa shape index (κ2) is 9.15. The van der Waals surface area contributed by atoms with E-state index in [4.69, 9.17) is 4.52 Å². The summed E-state index contributed by atoms with van der Waals surface area (Å²) in [5, 5.41) is 6.52. The summed E-state index contributed by atoms with van der Waals surface area (Å²) in [5.74, 6) is -0.899. The van der Waals surface area contributed by atoms with Crippen molar-refractivity contribution in [1.29, 1.82) is 0 Å². The van der Waals surface area contributed by atoms with E-state index in [-0.39, 0.29) is 23.8 Å². The van der Waals surface area contributed by atoms with Gasteiger partial charge in [-0.2, -0.15) is 0 Å². The van der Waals surface area contributed by atoms with Crippen molar-refractivity contribution in [3.05, 3.63) is 94.9 Å². The number of carbonyl (C=O) groups is 1. The minimum absolute atomic E-state index is 0.0134. The molecule has 4 rings (SSSR count). The third kappa shape index (κ3) is 4.80. The van der Waals surface area contributed by atoms with E-state index >= 15 is 0 Å². The van der Waals surface area contributed by atoms with E-state index < -0.39 is 20.9 Å². The van der Waals surface area contributed by atoms with Gasteiger partial charge >= 0.3 is 0 Å². The van der Waals surface area contributed by atoms with E-state index in [2.05, 4.69) is 10.5 Å². The molecule has 1 heterocycles. The average Bonchev–Trinajstić information content (AvgIpc) is 3.17. The van der Waals surface area contributed by atoms with Crippen LogP contribution in [0.3, 0.4) is 0 Å². The van der Waals surface area contributed by atoms with Gasteiger partial charge in [-0.05, 0) is 60.9 Å². The van der Waals surface area contributed by atoms with Crippen LogP contribution < -0.4 is 5.32 Å². The maximum Gasteiger partial charge on any atom is 0.226 e. The number of carbonyl (C=O) groups excluding carboxylic acids is 1. The zero-order valence-electron chi connectivity index (χ0n) is 18.2. The van der Waals surface area contributed by atoms with Crippen molar-refractivity contribution in [3.63, 3.8) is 0 Å². The molecule has 0 saturated heterocycles. The summed E-state index contributed by atoms with van der Waals surface area (Å²) < 4.78 is 45.3. The van der Waals surface area contributed by atoms with Crippen molar-refractivity contribution in [2.45, 2.75) is 30.4 Å². The van der Waals surface area contributed by atoms with Gasteiger partial charge in [0.2, 0.25) is 5.91 Å². The van der Waals surface area contributed by atoms with Gasteiger partial charge in [0, 0.05) is 11.9 Å². The van der Waals surface area contributed by atoms with Gasteiger partial charge in [-0.25, -0.2) is 12.8 Å². The van der Waals surface area contributed by atoms with Crippen LogP contribution in [-0.4, -0.2) is 26.0 Å². The Hall–Kier alpha value is -3.52. The number of nitrogens with one attached hydrogen (secondary N) is 1. The van der Waals surface area contributed by atoms with Crippen LogP contribution in [0, 0.1) is 19.7 Å². The molecule has 3 aromatic carbocycles. The predicted molar refractivity (Wildman–Crippen MR) is 123 cm³/mol. The lowest BCUT2D eigenvalue weighted by atomic mass is 10.0. The summed E-state index contributed by atoms with van der Waals surface area (Å²) in [6.45, 7) is 3.73. The number of hydrogen-bond acceptors (Lipinski definition) is 5. The molecule has 1 atom stereocenters. The van der Waals surface area contributed by atoms with Crippen LogP contribution >= 0.6 is 0 Å². The quantitative estimate of drug-likeness (QED) is 0.406. The number of aryl methyl sites for hydroxylation is 2. The minimum Gasteiger partial charge on any atom is -0.356 e. The van der Waals surface area contributed by atoms with Gasteiger partial charge < -0.3 is 9.84 Å². The fourth-order valence-electron chi connectivity index (χ4n) is 3.93. The Bertz CT molecular complexity index is 1400. The number of rotatable bonds is 7. The third-order valence-electron chi connectivity index (χ3n) is 5.49. The summed E-state index contributed by atoms with van der Waals surface area (Å²) >= 11 is 0. The smallest absolute Gasteiger partial charge is 0.226 e. The molecule has 0 bridgehead atoms. The highest BCUT2D eigenvalue weighted by molar-refractivity contribution is 7.91. The molecule has 4 aromatic rings. The highest BCUT2D eigenvalue weighted by Gasteiger charge is 2.30. The monoisotopic (exact) mass is 466 g/mol. The van der Waals surface area contributed by atoms with E-state index in [1.165, 1.54) is 12.1 Å². The summed E-state index contributed by atoms with van der Waals surface area (Å²) in [7, 11) is -3.89. The van der Waals surface area contributed by atoms with E-state index in [0.29, 0.717) is 16.8 Å². The fourth-order valence-corrected chi connectivity index (χ4v) is 5.59. The highest BCUT2D eigenvalue weighted by Crippen LogP contribution is 2.29. The zero-order chi connectivity index (χ0) is 23.6. The summed E-state index contributed by atoms with van der Waals surface area (Å²) in [6.07, 6.45) is -0.0466. The van der Waals surface area contributed by atoms with Crippen molar-refractivity contribution >= 4 is 26.7 Å². The van der Waals surface area contributed by atoms with E-state index in [9.17, 15) is 17.6 Å². The van der Waals surface area contributed by atoms with Crippen LogP contribution in [0.4, 0.5) is 4.39 Å². The first-order chi connectivity index (χ1) is 15.8. The summed E-state index contributed by atoms with van der Waals surface area (Å²) in [6, 6.07) is 17.1. The van der Waals surface area contributed by atoms with Gasteiger partial charge in [0.15, 0.2) is 15.4 Å². The predicted octanol–water partition coefficient (Wildman–Crippen LogP) is 4.46. The lowest BCUT2D eigenvalue weighted by Gasteiger charge is -2.19. The molecule has 1 aromatic heterocycles. The number of sulfone groups is 1. The Morgan fingerprint density at radius 1 is 1.06 bits per heavy atom. The Balaban J connectivity index is 1.56. The molecule has 0 aliphatic rings. The fraction of sp³-hybridized carbons (Fsp3) is 0.200. The van der Waals surface area contributed by atoms with Crippen molar-refractivity contribution in [1.82, 2.24) is 10.5 Å². The Morgan fingerprint density at radius 2 is 1.76 bits per heavy atom. The number of halogens is 1. The zero-order valence-corrected chi connectivity index (χ0v) is 19.0. The van der Waals surface area contributed by atoms with Crippen molar-refractivity contribution in [2.75, 3.05) is 6.54 Å². The number of hydrogen-bond donors (Lipinski definition) is 1. The maximum absolute atomic E-state index is 13.3. The third-order valence-corrected chi connectivity index (χ3v) is 7.60. The van der Waals surface area contributed by atoms with Gasteiger partial charge in [-0.3, -0.25) is 4.79 Å². The lowest BCUT2D eigenvalue weighted by Crippen LogP contribution is -2.33. The molecular weight excluding hydrogens is 443 g/mol. The molecule has 6 nitrogen and oxygen atoms in total. The number of fused-ring (bicyclic) bond motifs is 1. The van der Waals surface area contributed by atoms with E-state index in [0.717, 1.165) is 28.6 Å². The second-order valence-electron chi connectivity index (χ2n) is 7.96. The van der Waals surface area contributed by atoms with Gasteiger partial charge in [-0.1, -0.05) is 41.6 Å². The van der Waals surface area contributed by atoms with Crippen LogP contribution in [0.2, 0.25) is 0 Å². The lowest BCUT2D eigenvalue weighted by molar-refractivity contribution is -0.120. The molecular formula is C25H23FN2O4S.